The van der Waals surface area contributed by atoms with Crippen LogP contribution in [0.3, 0.4) is 0 Å². The van der Waals surface area contributed by atoms with E-state index in [-0.39, 0.29) is 22.2 Å². The van der Waals surface area contributed by atoms with Gasteiger partial charge in [-0.25, -0.2) is 14.8 Å². The smallest absolute Gasteiger partial charge is 0.352 e. The molecular formula is C20H22N7O5S2+. The highest BCUT2D eigenvalue weighted by Crippen LogP contribution is 2.40. The van der Waals surface area contributed by atoms with Crippen LogP contribution in [0.2, 0.25) is 0 Å². The van der Waals surface area contributed by atoms with E-state index >= 15 is 0 Å². The van der Waals surface area contributed by atoms with Crippen LogP contribution in [-0.2, 0) is 25.8 Å². The molecule has 0 saturated carbocycles. The van der Waals surface area contributed by atoms with Gasteiger partial charge in [0.25, 0.3) is 11.8 Å². The van der Waals surface area contributed by atoms with E-state index in [0.29, 0.717) is 17.9 Å². The molecule has 4 heterocycles. The van der Waals surface area contributed by atoms with Gasteiger partial charge in [-0.1, -0.05) is 5.16 Å². The van der Waals surface area contributed by atoms with E-state index in [1.807, 2.05) is 30.8 Å². The first-order valence-electron chi connectivity index (χ1n) is 10.1. The van der Waals surface area contributed by atoms with Crippen molar-refractivity contribution >= 4 is 51.7 Å². The van der Waals surface area contributed by atoms with E-state index in [0.717, 1.165) is 22.7 Å². The summed E-state index contributed by atoms with van der Waals surface area (Å²) in [6.07, 6.45) is 3.64. The van der Waals surface area contributed by atoms with Crippen LogP contribution in [-0.4, -0.2) is 67.7 Å². The second-order valence-corrected chi connectivity index (χ2v) is 9.63. The van der Waals surface area contributed by atoms with Gasteiger partial charge in [0.1, 0.15) is 41.3 Å². The maximum Gasteiger partial charge on any atom is 0.352 e. The van der Waals surface area contributed by atoms with Crippen molar-refractivity contribution in [2.24, 2.45) is 5.16 Å². The Labute approximate surface area is 202 Å². The summed E-state index contributed by atoms with van der Waals surface area (Å²) in [7, 11) is 1.28. The highest BCUT2D eigenvalue weighted by atomic mass is 32.2. The van der Waals surface area contributed by atoms with Crippen LogP contribution < -0.4 is 15.6 Å². The molecule has 2 aromatic rings. The number of nitrogens with two attached hydrogens (primary N) is 1. The number of carbonyl (C=O) groups is 3. The molecule has 14 heteroatoms. The molecule has 0 bridgehead atoms. The fourth-order valence-corrected chi connectivity index (χ4v) is 5.75. The lowest BCUT2D eigenvalue weighted by molar-refractivity contribution is -0.690. The molecule has 34 heavy (non-hydrogen) atoms. The number of rotatable bonds is 7. The molecule has 2 aliphatic rings. The van der Waals surface area contributed by atoms with Crippen LogP contribution >= 0.6 is 23.1 Å². The minimum absolute atomic E-state index is 0.0584. The van der Waals surface area contributed by atoms with Crippen LogP contribution in [0.1, 0.15) is 17.1 Å². The number of carbonyl (C=O) groups excluding carboxylic acids is 2. The Bertz CT molecular complexity index is 1220. The number of oxime groups is 1. The highest BCUT2D eigenvalue weighted by Gasteiger charge is 2.54. The summed E-state index contributed by atoms with van der Waals surface area (Å²) in [5, 5.41) is 17.5. The molecule has 4 N–H and O–H groups in total. The van der Waals surface area contributed by atoms with Crippen molar-refractivity contribution in [1.29, 1.82) is 0 Å². The Kier molecular flexibility index (Phi) is 6.52. The number of nitrogen functional groups attached to an aromatic ring is 1. The Morgan fingerprint density at radius 2 is 2.06 bits per heavy atom. The van der Waals surface area contributed by atoms with Gasteiger partial charge in [0.05, 0.1) is 0 Å². The number of carboxylic acids is 1. The Hall–Kier alpha value is -3.52. The van der Waals surface area contributed by atoms with Crippen LogP contribution in [0, 0.1) is 13.8 Å². The maximum absolute atomic E-state index is 13.0. The molecule has 2 amide bonds. The molecule has 1 unspecified atom stereocenters. The number of thioether (sulfide) groups is 1. The number of nitrogens with zero attached hydrogens (tertiary/aromatic N) is 5. The topological polar surface area (TPSA) is 164 Å². The number of hydrogen-bond donors (Lipinski definition) is 3. The second-order valence-electron chi connectivity index (χ2n) is 7.64. The van der Waals surface area contributed by atoms with Gasteiger partial charge in [-0.3, -0.25) is 14.5 Å². The van der Waals surface area contributed by atoms with Gasteiger partial charge >= 0.3 is 5.97 Å². The molecule has 0 aromatic carbocycles. The molecular weight excluding hydrogens is 482 g/mol. The summed E-state index contributed by atoms with van der Waals surface area (Å²) in [6.45, 7) is 4.02. The SMILES string of the molecule is CO/N=C(\C(=O)NC1C(=O)N2C(C(=O)O)=C(C[n+]3cc(C)nc(C)c3)CS[C@H]12)c1csc(N)n1. The summed E-state index contributed by atoms with van der Waals surface area (Å²) in [6, 6.07) is -0.912. The van der Waals surface area contributed by atoms with Crippen LogP contribution in [0.5, 0.6) is 0 Å². The minimum Gasteiger partial charge on any atom is -0.477 e. The molecule has 4 rings (SSSR count). The van der Waals surface area contributed by atoms with Gasteiger partial charge in [0.2, 0.25) is 0 Å². The molecule has 2 aromatic heterocycles. The maximum atomic E-state index is 13.0. The number of amides is 2. The molecule has 1 saturated heterocycles. The monoisotopic (exact) mass is 504 g/mol. The van der Waals surface area contributed by atoms with Crippen molar-refractivity contribution in [3.8, 4) is 0 Å². The predicted octanol–water partition coefficient (Wildman–Crippen LogP) is -0.186. The van der Waals surface area contributed by atoms with Gasteiger partial charge in [-0.2, -0.15) is 4.57 Å². The Morgan fingerprint density at radius 3 is 2.65 bits per heavy atom. The summed E-state index contributed by atoms with van der Waals surface area (Å²) in [5.74, 6) is -1.99. The molecule has 1 fully saturated rings. The van der Waals surface area contributed by atoms with Crippen molar-refractivity contribution < 1.29 is 28.9 Å². The first kappa shape index (κ1) is 23.6. The first-order valence-corrected chi connectivity index (χ1v) is 12.0. The summed E-state index contributed by atoms with van der Waals surface area (Å²) < 4.78 is 1.85. The standard InChI is InChI=1S/C20H21N7O5S2/c1-9-4-26(5-10(2)22-9)6-11-7-33-18-14(17(29)27(18)15(11)19(30)31)24-16(28)13(25-32-3)12-8-34-20(21)23-12/h4-5,8,14,18H,6-7H2,1-3H3,(H3-,21,23,24,28,30,31)/p+1/b25-13-/t14?,18-/m1/s1. The molecule has 0 radical (unpaired) electrons. The lowest BCUT2D eigenvalue weighted by Gasteiger charge is -2.49. The molecule has 0 spiro atoms. The van der Waals surface area contributed by atoms with E-state index in [2.05, 4.69) is 20.4 Å². The fraction of sp³-hybridized carbons (Fsp3) is 0.350. The zero-order valence-electron chi connectivity index (χ0n) is 18.5. The predicted molar refractivity (Wildman–Crippen MR) is 124 cm³/mol. The minimum atomic E-state index is -1.19. The fourth-order valence-electron chi connectivity index (χ4n) is 3.87. The zero-order valence-corrected chi connectivity index (χ0v) is 20.1. The summed E-state index contributed by atoms with van der Waals surface area (Å²) >= 11 is 2.52. The third-order valence-corrected chi connectivity index (χ3v) is 7.14. The summed E-state index contributed by atoms with van der Waals surface area (Å²) in [5.41, 5.74) is 7.87. The number of carboxylic acid groups (broad SMARTS) is 1. The van der Waals surface area contributed by atoms with Crippen LogP contribution in [0.25, 0.3) is 0 Å². The number of fused-ring (bicyclic) bond motifs is 1. The largest absolute Gasteiger partial charge is 0.477 e. The summed E-state index contributed by atoms with van der Waals surface area (Å²) in [4.78, 5) is 52.2. The van der Waals surface area contributed by atoms with Crippen molar-refractivity contribution in [2.45, 2.75) is 31.8 Å². The third-order valence-electron chi connectivity index (χ3n) is 5.13. The van der Waals surface area contributed by atoms with Crippen LogP contribution in [0.15, 0.2) is 34.2 Å². The van der Waals surface area contributed by atoms with Crippen molar-refractivity contribution in [2.75, 3.05) is 18.6 Å². The van der Waals surface area contributed by atoms with E-state index < -0.39 is 29.2 Å². The number of aromatic nitrogens is 3. The van der Waals surface area contributed by atoms with E-state index in [9.17, 15) is 19.5 Å². The Balaban J connectivity index is 1.55. The van der Waals surface area contributed by atoms with E-state index in [1.54, 1.807) is 5.38 Å². The lowest BCUT2D eigenvalue weighted by atomic mass is 10.0. The molecule has 0 aliphatic carbocycles. The number of thiazole rings is 1. The third kappa shape index (κ3) is 4.46. The molecule has 2 aliphatic heterocycles. The lowest BCUT2D eigenvalue weighted by Crippen LogP contribution is -2.71. The van der Waals surface area contributed by atoms with Crippen molar-refractivity contribution in [1.82, 2.24) is 20.2 Å². The van der Waals surface area contributed by atoms with Gasteiger partial charge in [0, 0.05) is 16.7 Å². The van der Waals surface area contributed by atoms with E-state index in [4.69, 9.17) is 10.6 Å². The van der Waals surface area contributed by atoms with Gasteiger partial charge < -0.3 is 21.0 Å². The van der Waals surface area contributed by atoms with Gasteiger partial charge in [-0.15, -0.1) is 23.1 Å². The number of aliphatic carboxylic acids is 1. The number of hydrogen-bond acceptors (Lipinski definition) is 10. The number of aryl methyl sites for hydroxylation is 2. The van der Waals surface area contributed by atoms with E-state index in [1.165, 1.54) is 23.8 Å². The van der Waals surface area contributed by atoms with Gasteiger partial charge in [-0.05, 0) is 13.8 Å². The number of β-lactam (4-membered cyclic amide) rings is 1. The normalized spacial score (nSPS) is 20.0. The van der Waals surface area contributed by atoms with Crippen molar-refractivity contribution in [3.05, 3.63) is 46.1 Å². The zero-order chi connectivity index (χ0) is 24.6. The molecule has 178 valence electrons. The highest BCUT2D eigenvalue weighted by molar-refractivity contribution is 8.00. The molecule has 2 atom stereocenters. The average molecular weight is 505 g/mol. The Morgan fingerprint density at radius 1 is 1.35 bits per heavy atom. The number of anilines is 1. The quantitative estimate of drug-likeness (QED) is 0.201. The van der Waals surface area contributed by atoms with Crippen LogP contribution in [0.4, 0.5) is 5.13 Å². The molecule has 12 nitrogen and oxygen atoms in total. The average Bonchev–Trinajstić information content (AvgIpc) is 3.20. The second kappa shape index (κ2) is 9.38. The van der Waals surface area contributed by atoms with Crippen molar-refractivity contribution in [3.63, 3.8) is 0 Å². The number of nitrogens with one attached hydrogen (secondary N) is 1. The first-order chi connectivity index (χ1) is 16.2. The van der Waals surface area contributed by atoms with Gasteiger partial charge in [0.15, 0.2) is 29.8 Å².